The van der Waals surface area contributed by atoms with Crippen molar-refractivity contribution in [1.29, 1.82) is 0 Å². The summed E-state index contributed by atoms with van der Waals surface area (Å²) in [6.07, 6.45) is 13.0. The fourth-order valence-electron chi connectivity index (χ4n) is 4.23. The van der Waals surface area contributed by atoms with Gasteiger partial charge in [-0.15, -0.1) is 0 Å². The molecule has 2 heteroatoms. The number of likely N-dealkylation sites (tertiary alicyclic amines) is 1. The third-order valence-electron chi connectivity index (χ3n) is 6.00. The highest BCUT2D eigenvalue weighted by Crippen LogP contribution is 2.26. The van der Waals surface area contributed by atoms with Crippen molar-refractivity contribution < 1.29 is 5.11 Å². The topological polar surface area (TPSA) is 23.5 Å². The van der Waals surface area contributed by atoms with E-state index in [-0.39, 0.29) is 0 Å². The highest BCUT2D eigenvalue weighted by molar-refractivity contribution is 5.25. The van der Waals surface area contributed by atoms with Gasteiger partial charge in [-0.05, 0) is 55.7 Å². The number of aliphatic hydroxyl groups is 1. The molecule has 1 heterocycles. The minimum atomic E-state index is 0.315. The Morgan fingerprint density at radius 2 is 1.84 bits per heavy atom. The molecule has 0 radical (unpaired) electrons. The van der Waals surface area contributed by atoms with Crippen molar-refractivity contribution in [3.63, 3.8) is 0 Å². The molecule has 2 nitrogen and oxygen atoms in total. The van der Waals surface area contributed by atoms with Crippen molar-refractivity contribution >= 4 is 0 Å². The lowest BCUT2D eigenvalue weighted by Crippen LogP contribution is -2.33. The summed E-state index contributed by atoms with van der Waals surface area (Å²) in [5, 5.41) is 9.44. The van der Waals surface area contributed by atoms with Gasteiger partial charge in [0.1, 0.15) is 0 Å². The first-order valence-corrected chi connectivity index (χ1v) is 10.7. The van der Waals surface area contributed by atoms with E-state index < -0.39 is 0 Å². The first-order valence-electron chi connectivity index (χ1n) is 10.7. The SMILES string of the molecule is CCCCCCCC(CC)c1ccc(CCN2CCCC2CO)cc1. The summed E-state index contributed by atoms with van der Waals surface area (Å²) < 4.78 is 0. The van der Waals surface area contributed by atoms with Gasteiger partial charge in [-0.25, -0.2) is 0 Å². The summed E-state index contributed by atoms with van der Waals surface area (Å²) in [7, 11) is 0. The largest absolute Gasteiger partial charge is 0.395 e. The van der Waals surface area contributed by atoms with Crippen molar-refractivity contribution in [1.82, 2.24) is 4.90 Å². The molecule has 0 aliphatic carbocycles. The van der Waals surface area contributed by atoms with Gasteiger partial charge in [-0.2, -0.15) is 0 Å². The lowest BCUT2D eigenvalue weighted by atomic mass is 9.90. The normalized spacial score (nSPS) is 19.4. The van der Waals surface area contributed by atoms with E-state index in [4.69, 9.17) is 0 Å². The van der Waals surface area contributed by atoms with Crippen molar-refractivity contribution in [2.75, 3.05) is 19.7 Å². The average molecular weight is 346 g/mol. The molecule has 2 atom stereocenters. The van der Waals surface area contributed by atoms with E-state index in [1.807, 2.05) is 0 Å². The van der Waals surface area contributed by atoms with Crippen LogP contribution in [0.4, 0.5) is 0 Å². The van der Waals surface area contributed by atoms with Crippen molar-refractivity contribution in [3.05, 3.63) is 35.4 Å². The van der Waals surface area contributed by atoms with Crippen LogP contribution in [0.3, 0.4) is 0 Å². The summed E-state index contributed by atoms with van der Waals surface area (Å²) >= 11 is 0. The van der Waals surface area contributed by atoms with Crippen LogP contribution in [0.25, 0.3) is 0 Å². The van der Waals surface area contributed by atoms with E-state index in [0.29, 0.717) is 12.6 Å². The van der Waals surface area contributed by atoms with Gasteiger partial charge in [-0.1, -0.05) is 70.2 Å². The van der Waals surface area contributed by atoms with E-state index in [9.17, 15) is 5.11 Å². The molecule has 1 saturated heterocycles. The molecular formula is C23H39NO. The Morgan fingerprint density at radius 3 is 2.52 bits per heavy atom. The molecule has 2 unspecified atom stereocenters. The highest BCUT2D eigenvalue weighted by Gasteiger charge is 2.22. The molecule has 1 N–H and O–H groups in total. The van der Waals surface area contributed by atoms with Gasteiger partial charge < -0.3 is 5.11 Å². The van der Waals surface area contributed by atoms with Crippen molar-refractivity contribution in [3.8, 4) is 0 Å². The maximum Gasteiger partial charge on any atom is 0.0586 e. The second kappa shape index (κ2) is 11.7. The second-order valence-electron chi connectivity index (χ2n) is 7.81. The Labute approximate surface area is 155 Å². The molecule has 1 aromatic carbocycles. The number of nitrogens with zero attached hydrogens (tertiary/aromatic N) is 1. The third kappa shape index (κ3) is 6.75. The quantitative estimate of drug-likeness (QED) is 0.503. The van der Waals surface area contributed by atoms with E-state index in [1.54, 1.807) is 0 Å². The third-order valence-corrected chi connectivity index (χ3v) is 6.00. The number of aliphatic hydroxyl groups excluding tert-OH is 1. The molecule has 1 aliphatic rings. The Kier molecular flexibility index (Phi) is 9.57. The van der Waals surface area contributed by atoms with Crippen molar-refractivity contribution in [2.45, 2.75) is 90.0 Å². The van der Waals surface area contributed by atoms with Gasteiger partial charge in [-0.3, -0.25) is 4.90 Å². The second-order valence-corrected chi connectivity index (χ2v) is 7.81. The molecular weight excluding hydrogens is 306 g/mol. The van der Waals surface area contributed by atoms with Gasteiger partial charge in [0, 0.05) is 12.6 Å². The van der Waals surface area contributed by atoms with E-state index in [1.165, 1.54) is 62.5 Å². The van der Waals surface area contributed by atoms with Gasteiger partial charge >= 0.3 is 0 Å². The number of unbranched alkanes of at least 4 members (excludes halogenated alkanes) is 4. The zero-order valence-corrected chi connectivity index (χ0v) is 16.6. The molecule has 0 amide bonds. The summed E-state index contributed by atoms with van der Waals surface area (Å²) in [6.45, 7) is 7.16. The summed E-state index contributed by atoms with van der Waals surface area (Å²) in [4.78, 5) is 2.46. The zero-order valence-electron chi connectivity index (χ0n) is 16.6. The summed E-state index contributed by atoms with van der Waals surface area (Å²) in [6, 6.07) is 9.79. The predicted molar refractivity (Wildman–Crippen MR) is 108 cm³/mol. The van der Waals surface area contributed by atoms with Crippen LogP contribution in [0.5, 0.6) is 0 Å². The molecule has 1 fully saturated rings. The number of hydrogen-bond donors (Lipinski definition) is 1. The molecule has 142 valence electrons. The maximum atomic E-state index is 9.44. The predicted octanol–water partition coefficient (Wildman–Crippen LogP) is 5.54. The standard InChI is InChI=1S/C23H39NO/c1-3-5-6-7-8-10-21(4-2)22-14-12-20(13-15-22)16-18-24-17-9-11-23(24)19-25/h12-15,21,23,25H,3-11,16-19H2,1-2H3. The van der Waals surface area contributed by atoms with Gasteiger partial charge in [0.05, 0.1) is 6.61 Å². The zero-order chi connectivity index (χ0) is 17.9. The Morgan fingerprint density at radius 1 is 1.08 bits per heavy atom. The molecule has 0 aromatic heterocycles. The van der Waals surface area contributed by atoms with E-state index >= 15 is 0 Å². The minimum absolute atomic E-state index is 0.315. The molecule has 1 aromatic rings. The van der Waals surface area contributed by atoms with Crippen LogP contribution in [0, 0.1) is 0 Å². The Hall–Kier alpha value is -0.860. The fraction of sp³-hybridized carbons (Fsp3) is 0.739. The van der Waals surface area contributed by atoms with Gasteiger partial charge in [0.25, 0.3) is 0 Å². The Balaban J connectivity index is 1.77. The fourth-order valence-corrected chi connectivity index (χ4v) is 4.23. The molecule has 1 aliphatic heterocycles. The number of benzene rings is 1. The number of hydrogen-bond acceptors (Lipinski definition) is 2. The number of rotatable bonds is 12. The van der Waals surface area contributed by atoms with Crippen LogP contribution in [0.2, 0.25) is 0 Å². The van der Waals surface area contributed by atoms with Crippen LogP contribution in [-0.2, 0) is 6.42 Å². The van der Waals surface area contributed by atoms with Crippen LogP contribution in [0.1, 0.15) is 88.7 Å². The molecule has 0 spiro atoms. The molecule has 0 saturated carbocycles. The minimum Gasteiger partial charge on any atom is -0.395 e. The van der Waals surface area contributed by atoms with E-state index in [2.05, 4.69) is 43.0 Å². The molecule has 2 rings (SSSR count). The molecule has 25 heavy (non-hydrogen) atoms. The lowest BCUT2D eigenvalue weighted by molar-refractivity contribution is 0.160. The first-order chi connectivity index (χ1) is 12.3. The average Bonchev–Trinajstić information content (AvgIpc) is 3.11. The van der Waals surface area contributed by atoms with Gasteiger partial charge in [0.15, 0.2) is 0 Å². The van der Waals surface area contributed by atoms with Gasteiger partial charge in [0.2, 0.25) is 0 Å². The summed E-state index contributed by atoms with van der Waals surface area (Å²) in [5.41, 5.74) is 2.96. The monoisotopic (exact) mass is 345 g/mol. The van der Waals surface area contributed by atoms with Crippen molar-refractivity contribution in [2.24, 2.45) is 0 Å². The maximum absolute atomic E-state index is 9.44. The summed E-state index contributed by atoms with van der Waals surface area (Å²) in [5.74, 6) is 0.730. The smallest absolute Gasteiger partial charge is 0.0586 e. The van der Waals surface area contributed by atoms with Crippen LogP contribution < -0.4 is 0 Å². The van der Waals surface area contributed by atoms with Crippen LogP contribution in [-0.4, -0.2) is 35.7 Å². The van der Waals surface area contributed by atoms with Crippen LogP contribution >= 0.6 is 0 Å². The Bertz CT molecular complexity index is 456. The van der Waals surface area contributed by atoms with E-state index in [0.717, 1.165) is 31.8 Å². The lowest BCUT2D eigenvalue weighted by Gasteiger charge is -2.22. The first kappa shape index (κ1) is 20.5. The highest BCUT2D eigenvalue weighted by atomic mass is 16.3. The molecule has 0 bridgehead atoms. The van der Waals surface area contributed by atoms with Crippen LogP contribution in [0.15, 0.2) is 24.3 Å².